The Labute approximate surface area is 223 Å². The molecule has 7 nitrogen and oxygen atoms in total. The van der Waals surface area contributed by atoms with Gasteiger partial charge in [-0.15, -0.1) is 0 Å². The number of aromatic nitrogens is 2. The van der Waals surface area contributed by atoms with Gasteiger partial charge in [0.1, 0.15) is 64.0 Å². The van der Waals surface area contributed by atoms with Crippen LogP contribution in [0.15, 0.2) is 53.8 Å². The van der Waals surface area contributed by atoms with Crippen LogP contribution in [0.3, 0.4) is 0 Å². The summed E-state index contributed by atoms with van der Waals surface area (Å²) in [6, 6.07) is 11.5. The van der Waals surface area contributed by atoms with E-state index in [9.17, 15) is 17.6 Å². The molecule has 0 radical (unpaired) electrons. The molecule has 0 saturated carbocycles. The number of methoxy groups -OCH3 is 1. The van der Waals surface area contributed by atoms with Crippen molar-refractivity contribution in [3.05, 3.63) is 88.8 Å². The molecule has 4 aromatic rings. The molecule has 3 aromatic carbocycles. The molecule has 0 bridgehead atoms. The Balaban J connectivity index is 0.000000242. The van der Waals surface area contributed by atoms with Crippen molar-refractivity contribution >= 4 is 28.7 Å². The van der Waals surface area contributed by atoms with E-state index in [1.54, 1.807) is 32.2 Å². The lowest BCUT2D eigenvalue weighted by atomic mass is 10.1. The molecule has 1 N–H and O–H groups in total. The fourth-order valence-corrected chi connectivity index (χ4v) is 3.60. The third kappa shape index (κ3) is 7.19. The Kier molecular flexibility index (Phi) is 9.75. The van der Waals surface area contributed by atoms with Crippen molar-refractivity contribution in [1.82, 2.24) is 14.9 Å². The molecule has 11 heteroatoms. The zero-order valence-electron chi connectivity index (χ0n) is 21.8. The van der Waals surface area contributed by atoms with Gasteiger partial charge in [-0.2, -0.15) is 5.26 Å². The summed E-state index contributed by atoms with van der Waals surface area (Å²) in [6.45, 7) is 2.51. The summed E-state index contributed by atoms with van der Waals surface area (Å²) in [6.07, 6.45) is 3.25. The summed E-state index contributed by atoms with van der Waals surface area (Å²) >= 11 is 0. The molecule has 0 atom stereocenters. The second-order valence-electron chi connectivity index (χ2n) is 8.53. The zero-order valence-corrected chi connectivity index (χ0v) is 21.8. The minimum absolute atomic E-state index is 0.0206. The van der Waals surface area contributed by atoms with E-state index in [0.29, 0.717) is 18.8 Å². The van der Waals surface area contributed by atoms with Crippen LogP contribution in [0, 0.1) is 41.5 Å². The van der Waals surface area contributed by atoms with Gasteiger partial charge in [0.25, 0.3) is 0 Å². The van der Waals surface area contributed by atoms with Crippen molar-refractivity contribution in [2.75, 3.05) is 33.1 Å². The predicted octanol–water partition coefficient (Wildman–Crippen LogP) is 5.94. The van der Waals surface area contributed by atoms with Gasteiger partial charge in [-0.3, -0.25) is 0 Å². The predicted molar refractivity (Wildman–Crippen MR) is 142 cm³/mol. The normalized spacial score (nSPS) is 10.6. The molecule has 0 spiro atoms. The number of ether oxygens (including phenoxy) is 1. The maximum absolute atomic E-state index is 14.0. The van der Waals surface area contributed by atoms with Crippen LogP contribution in [-0.4, -0.2) is 49.0 Å². The molecule has 202 valence electrons. The number of fused-ring (bicyclic) bond motifs is 1. The average molecular weight is 539 g/mol. The maximum atomic E-state index is 14.0. The highest BCUT2D eigenvalue weighted by atomic mass is 19.1. The number of nitrogens with one attached hydrogen (secondary N) is 1. The smallest absolute Gasteiger partial charge is 0.150 e. The summed E-state index contributed by atoms with van der Waals surface area (Å²) < 4.78 is 59.3. The number of halogens is 4. The van der Waals surface area contributed by atoms with Crippen LogP contribution >= 0.6 is 0 Å². The van der Waals surface area contributed by atoms with Crippen molar-refractivity contribution in [3.8, 4) is 11.8 Å². The molecule has 1 aromatic heterocycles. The van der Waals surface area contributed by atoms with Crippen molar-refractivity contribution in [1.29, 1.82) is 5.26 Å². The van der Waals surface area contributed by atoms with Crippen LogP contribution in [0.5, 0.6) is 5.75 Å². The minimum Gasteiger partial charge on any atom is -0.496 e. The molecule has 1 heterocycles. The van der Waals surface area contributed by atoms with Crippen molar-refractivity contribution in [2.24, 2.45) is 4.99 Å². The van der Waals surface area contributed by atoms with Crippen molar-refractivity contribution < 1.29 is 22.3 Å². The zero-order chi connectivity index (χ0) is 28.5. The molecular weight excluding hydrogens is 512 g/mol. The van der Waals surface area contributed by atoms with Gasteiger partial charge in [0.05, 0.1) is 18.8 Å². The molecule has 0 aliphatic carbocycles. The van der Waals surface area contributed by atoms with Crippen molar-refractivity contribution in [2.45, 2.75) is 13.3 Å². The molecule has 0 saturated heterocycles. The number of aliphatic imine (C=N–C) groups is 1. The summed E-state index contributed by atoms with van der Waals surface area (Å²) in [7, 11) is 5.01. The van der Waals surface area contributed by atoms with Crippen molar-refractivity contribution in [3.63, 3.8) is 0 Å². The van der Waals surface area contributed by atoms with Gasteiger partial charge < -0.3 is 15.0 Å². The Morgan fingerprint density at radius 2 is 1.69 bits per heavy atom. The van der Waals surface area contributed by atoms with Crippen LogP contribution in [0.4, 0.5) is 29.1 Å². The monoisotopic (exact) mass is 538 g/mol. The Hall–Kier alpha value is -4.72. The number of nitrogens with zero attached hydrogens (tertiary/aromatic N) is 5. The first kappa shape index (κ1) is 28.8. The van der Waals surface area contributed by atoms with Gasteiger partial charge in [0.2, 0.25) is 0 Å². The first-order valence-electron chi connectivity index (χ1n) is 11.7. The van der Waals surface area contributed by atoms with E-state index in [-0.39, 0.29) is 22.2 Å². The Morgan fingerprint density at radius 3 is 2.36 bits per heavy atom. The van der Waals surface area contributed by atoms with E-state index in [1.807, 2.05) is 25.1 Å². The molecule has 0 unspecified atom stereocenters. The lowest BCUT2D eigenvalue weighted by Gasteiger charge is -2.10. The largest absolute Gasteiger partial charge is 0.496 e. The molecule has 0 fully saturated rings. The molecule has 39 heavy (non-hydrogen) atoms. The minimum atomic E-state index is -0.773. The fraction of sp³-hybridized carbons (Fsp3) is 0.214. The van der Waals surface area contributed by atoms with Gasteiger partial charge in [-0.05, 0) is 54.8 Å². The molecule has 0 amide bonds. The number of aryl methyl sites for hydroxylation is 1. The van der Waals surface area contributed by atoms with Gasteiger partial charge >= 0.3 is 0 Å². The van der Waals surface area contributed by atoms with Crippen LogP contribution < -0.4 is 10.1 Å². The van der Waals surface area contributed by atoms with E-state index in [0.717, 1.165) is 41.1 Å². The molecular formula is C28H26F4N6O. The van der Waals surface area contributed by atoms with E-state index in [1.165, 1.54) is 12.7 Å². The summed E-state index contributed by atoms with van der Waals surface area (Å²) in [4.78, 5) is 13.1. The van der Waals surface area contributed by atoms with Crippen LogP contribution in [0.25, 0.3) is 10.9 Å². The number of anilines is 1. The number of hydrogen-bond donors (Lipinski definition) is 1. The number of benzene rings is 3. The van der Waals surface area contributed by atoms with Gasteiger partial charge in [0, 0.05) is 20.6 Å². The second kappa shape index (κ2) is 13.2. The lowest BCUT2D eigenvalue weighted by molar-refractivity contribution is 0.411. The number of hydrogen-bond acceptors (Lipinski definition) is 6. The second-order valence-corrected chi connectivity index (χ2v) is 8.53. The summed E-state index contributed by atoms with van der Waals surface area (Å²) in [5.41, 5.74) is 1.49. The summed E-state index contributed by atoms with van der Waals surface area (Å²) in [5, 5.41) is 11.8. The highest BCUT2D eigenvalue weighted by Gasteiger charge is 2.13. The van der Waals surface area contributed by atoms with Gasteiger partial charge in [-0.1, -0.05) is 12.1 Å². The number of nitriles is 1. The third-order valence-corrected chi connectivity index (χ3v) is 5.46. The maximum Gasteiger partial charge on any atom is 0.150 e. The van der Waals surface area contributed by atoms with E-state index < -0.39 is 23.3 Å². The quantitative estimate of drug-likeness (QED) is 0.178. The summed E-state index contributed by atoms with van der Waals surface area (Å²) in [5.74, 6) is -1.47. The average Bonchev–Trinajstić information content (AvgIpc) is 2.91. The standard InChI is InChI=1S/C18H17F2N3O.C10H9F2N3/c1-11-9-12(3-6-15(11)24-2)7-8-21-18-16-13(19)4-5-14(20)17(16)22-10-23-18;1-15(2)6-14-10-7(5-13)8(11)3-4-9(10)12/h3-6,9-10H,7-8H2,1-2H3,(H,21,22,23);3-4,6H,1-2H3. The topological polar surface area (TPSA) is 86.4 Å². The SMILES string of the molecule is CN(C)C=Nc1c(F)ccc(F)c1C#N.COc1ccc(CCNc2ncnc3c(F)ccc(F)c23)cc1C. The van der Waals surface area contributed by atoms with Gasteiger partial charge in [-0.25, -0.2) is 32.5 Å². The lowest BCUT2D eigenvalue weighted by Crippen LogP contribution is -2.08. The van der Waals surface area contributed by atoms with Crippen LogP contribution in [-0.2, 0) is 6.42 Å². The Bertz CT molecular complexity index is 1540. The van der Waals surface area contributed by atoms with Crippen LogP contribution in [0.1, 0.15) is 16.7 Å². The van der Waals surface area contributed by atoms with E-state index in [4.69, 9.17) is 10.00 Å². The molecule has 0 aliphatic rings. The van der Waals surface area contributed by atoms with E-state index in [2.05, 4.69) is 20.3 Å². The molecule has 4 rings (SSSR count). The first-order chi connectivity index (χ1) is 18.7. The number of rotatable bonds is 7. The highest BCUT2D eigenvalue weighted by molar-refractivity contribution is 5.89. The third-order valence-electron chi connectivity index (χ3n) is 5.46. The Morgan fingerprint density at radius 1 is 1.00 bits per heavy atom. The van der Waals surface area contributed by atoms with E-state index >= 15 is 0 Å². The highest BCUT2D eigenvalue weighted by Crippen LogP contribution is 2.26. The fourth-order valence-electron chi connectivity index (χ4n) is 3.60. The van der Waals surface area contributed by atoms with Gasteiger partial charge in [0.15, 0.2) is 0 Å². The molecule has 0 aliphatic heterocycles. The first-order valence-corrected chi connectivity index (χ1v) is 11.7. The van der Waals surface area contributed by atoms with Crippen LogP contribution in [0.2, 0.25) is 0 Å².